The molecule has 2 N–H and O–H groups in total. The van der Waals surface area contributed by atoms with Crippen molar-refractivity contribution in [2.24, 2.45) is 0 Å². The summed E-state index contributed by atoms with van der Waals surface area (Å²) in [5.74, 6) is 0. The van der Waals surface area contributed by atoms with E-state index in [1.54, 1.807) is 0 Å². The van der Waals surface area contributed by atoms with Crippen LogP contribution in [0.15, 0.2) is 158 Å². The van der Waals surface area contributed by atoms with Gasteiger partial charge in [-0.1, -0.05) is 104 Å². The van der Waals surface area contributed by atoms with E-state index < -0.39 is 0 Å². The first-order valence-corrected chi connectivity index (χ1v) is 15.5. The first kappa shape index (κ1) is 26.8. The molecule has 8 aromatic rings. The Morgan fingerprint density at radius 1 is 0.574 bits per heavy atom. The standard InChI is InChI=1S/C41H28N6/c1-26-10-6-8-24-46(26)40-36(42)31-11-2-4-13-33(31)43-37(40)29-20-16-27(17-21-29)28-18-22-30(23-19-28)38-41-39(32-12-3-5-14-34(32)44-38)45-35-15-7-9-25-47(35)41/h2-25H,1H2,(H2,42,43). The van der Waals surface area contributed by atoms with Crippen molar-refractivity contribution in [1.29, 1.82) is 0 Å². The van der Waals surface area contributed by atoms with E-state index in [1.165, 1.54) is 0 Å². The molecule has 0 amide bonds. The van der Waals surface area contributed by atoms with Gasteiger partial charge in [-0.15, -0.1) is 0 Å². The highest BCUT2D eigenvalue weighted by Crippen LogP contribution is 2.42. The highest BCUT2D eigenvalue weighted by atomic mass is 15.1. The molecule has 1 aliphatic rings. The minimum atomic E-state index is 0.675. The zero-order valence-electron chi connectivity index (χ0n) is 25.4. The van der Waals surface area contributed by atoms with Crippen molar-refractivity contribution in [3.05, 3.63) is 158 Å². The molecule has 6 heteroatoms. The second-order valence-electron chi connectivity index (χ2n) is 11.7. The van der Waals surface area contributed by atoms with Crippen LogP contribution in [-0.4, -0.2) is 19.4 Å². The normalized spacial score (nSPS) is 13.0. The number of allylic oxidation sites excluding steroid dienone is 3. The molecule has 0 aliphatic carbocycles. The van der Waals surface area contributed by atoms with Crippen LogP contribution >= 0.6 is 0 Å². The van der Waals surface area contributed by atoms with Crippen molar-refractivity contribution in [1.82, 2.24) is 19.4 Å². The molecule has 0 saturated heterocycles. The summed E-state index contributed by atoms with van der Waals surface area (Å²) in [6.45, 7) is 4.25. The Balaban J connectivity index is 1.12. The van der Waals surface area contributed by atoms with Gasteiger partial charge in [0.05, 0.1) is 39.3 Å². The molecule has 0 saturated carbocycles. The second kappa shape index (κ2) is 10.5. The van der Waals surface area contributed by atoms with Gasteiger partial charge in [-0.2, -0.15) is 0 Å². The van der Waals surface area contributed by atoms with Gasteiger partial charge in [-0.25, -0.2) is 15.0 Å². The third-order valence-electron chi connectivity index (χ3n) is 8.89. The highest BCUT2D eigenvalue weighted by molar-refractivity contribution is 6.09. The first-order chi connectivity index (χ1) is 23.1. The maximum atomic E-state index is 6.83. The van der Waals surface area contributed by atoms with Gasteiger partial charge in [0.15, 0.2) is 0 Å². The molecule has 9 rings (SSSR count). The van der Waals surface area contributed by atoms with Gasteiger partial charge in [0, 0.05) is 40.0 Å². The van der Waals surface area contributed by atoms with Crippen LogP contribution < -0.4 is 10.6 Å². The molecule has 4 aromatic carbocycles. The second-order valence-corrected chi connectivity index (χ2v) is 11.7. The molecule has 6 nitrogen and oxygen atoms in total. The number of anilines is 2. The van der Waals surface area contributed by atoms with Crippen LogP contribution in [0.2, 0.25) is 0 Å². The fourth-order valence-electron chi connectivity index (χ4n) is 6.57. The summed E-state index contributed by atoms with van der Waals surface area (Å²) >= 11 is 0. The summed E-state index contributed by atoms with van der Waals surface area (Å²) < 4.78 is 2.13. The third kappa shape index (κ3) is 4.30. The molecule has 1 aliphatic heterocycles. The molecule has 0 atom stereocenters. The fourth-order valence-corrected chi connectivity index (χ4v) is 6.57. The Kier molecular flexibility index (Phi) is 6.01. The van der Waals surface area contributed by atoms with Crippen molar-refractivity contribution in [2.75, 3.05) is 10.6 Å². The molecule has 4 aromatic heterocycles. The lowest BCUT2D eigenvalue weighted by Crippen LogP contribution is -2.18. The van der Waals surface area contributed by atoms with E-state index in [2.05, 4.69) is 77.8 Å². The summed E-state index contributed by atoms with van der Waals surface area (Å²) in [5.41, 5.74) is 19.8. The number of fused-ring (bicyclic) bond motifs is 6. The van der Waals surface area contributed by atoms with Crippen LogP contribution in [0.3, 0.4) is 0 Å². The average Bonchev–Trinajstić information content (AvgIpc) is 3.52. The minimum absolute atomic E-state index is 0.675. The Hall–Kier alpha value is -6.53. The Bertz CT molecular complexity index is 2590. The summed E-state index contributed by atoms with van der Waals surface area (Å²) in [6, 6.07) is 39.4. The number of hydrogen-bond donors (Lipinski definition) is 1. The van der Waals surface area contributed by atoms with Crippen molar-refractivity contribution in [2.45, 2.75) is 0 Å². The van der Waals surface area contributed by atoms with E-state index in [0.29, 0.717) is 5.69 Å². The molecule has 0 radical (unpaired) electrons. The third-order valence-corrected chi connectivity index (χ3v) is 8.89. The van der Waals surface area contributed by atoms with Gasteiger partial charge in [0.25, 0.3) is 0 Å². The van der Waals surface area contributed by atoms with Crippen LogP contribution in [0, 0.1) is 0 Å². The van der Waals surface area contributed by atoms with Gasteiger partial charge >= 0.3 is 0 Å². The predicted octanol–water partition coefficient (Wildman–Crippen LogP) is 9.57. The Labute approximate surface area is 271 Å². The van der Waals surface area contributed by atoms with Crippen molar-refractivity contribution in [3.63, 3.8) is 0 Å². The molecule has 222 valence electrons. The summed E-state index contributed by atoms with van der Waals surface area (Å²) in [5, 5.41) is 1.97. The van der Waals surface area contributed by atoms with E-state index >= 15 is 0 Å². The van der Waals surface area contributed by atoms with E-state index in [9.17, 15) is 0 Å². The van der Waals surface area contributed by atoms with Crippen LogP contribution in [0.4, 0.5) is 11.4 Å². The monoisotopic (exact) mass is 604 g/mol. The van der Waals surface area contributed by atoms with Gasteiger partial charge in [-0.05, 0) is 47.5 Å². The molecule has 0 fully saturated rings. The van der Waals surface area contributed by atoms with Crippen molar-refractivity contribution < 1.29 is 0 Å². The largest absolute Gasteiger partial charge is 0.396 e. The molecule has 5 heterocycles. The minimum Gasteiger partial charge on any atom is -0.396 e. The maximum absolute atomic E-state index is 6.83. The quantitative estimate of drug-likeness (QED) is 0.217. The number of nitrogens with two attached hydrogens (primary N) is 1. The Morgan fingerprint density at radius 2 is 1.17 bits per heavy atom. The van der Waals surface area contributed by atoms with E-state index in [4.69, 9.17) is 20.7 Å². The average molecular weight is 605 g/mol. The van der Waals surface area contributed by atoms with Crippen LogP contribution in [0.1, 0.15) is 0 Å². The maximum Gasteiger partial charge on any atom is 0.137 e. The summed E-state index contributed by atoms with van der Waals surface area (Å²) in [4.78, 5) is 17.2. The zero-order valence-corrected chi connectivity index (χ0v) is 25.4. The summed E-state index contributed by atoms with van der Waals surface area (Å²) in [6.07, 6.45) is 9.96. The van der Waals surface area contributed by atoms with Gasteiger partial charge < -0.3 is 10.6 Å². The smallest absolute Gasteiger partial charge is 0.137 e. The number of nitrogen functional groups attached to an aromatic ring is 1. The van der Waals surface area contributed by atoms with Gasteiger partial charge in [0.1, 0.15) is 11.2 Å². The number of para-hydroxylation sites is 2. The first-order valence-electron chi connectivity index (χ1n) is 15.5. The number of pyridine rings is 3. The molecule has 0 spiro atoms. The lowest BCUT2D eigenvalue weighted by molar-refractivity contribution is 1.19. The number of benzene rings is 4. The topological polar surface area (TPSA) is 72.3 Å². The lowest BCUT2D eigenvalue weighted by Gasteiger charge is -2.27. The zero-order chi connectivity index (χ0) is 31.5. The predicted molar refractivity (Wildman–Crippen MR) is 194 cm³/mol. The number of nitrogens with zero attached hydrogens (tertiary/aromatic N) is 5. The number of imidazole rings is 1. The van der Waals surface area contributed by atoms with E-state index in [-0.39, 0.29) is 0 Å². The van der Waals surface area contributed by atoms with Gasteiger partial charge in [0.2, 0.25) is 0 Å². The van der Waals surface area contributed by atoms with Crippen molar-refractivity contribution >= 4 is 49.9 Å². The highest BCUT2D eigenvalue weighted by Gasteiger charge is 2.21. The van der Waals surface area contributed by atoms with Crippen molar-refractivity contribution in [3.8, 4) is 33.6 Å². The van der Waals surface area contributed by atoms with E-state index in [0.717, 1.165) is 83.5 Å². The molecule has 47 heavy (non-hydrogen) atoms. The number of rotatable bonds is 4. The van der Waals surface area contributed by atoms with E-state index in [1.807, 2.05) is 83.9 Å². The summed E-state index contributed by atoms with van der Waals surface area (Å²) in [7, 11) is 0. The number of hydrogen-bond acceptors (Lipinski definition) is 5. The molecular weight excluding hydrogens is 576 g/mol. The SMILES string of the molecule is C=C1C=CC=CN1c1c(-c2ccc(-c3ccc(-c4nc5ccccc5c5nc6ccccn6c45)cc3)cc2)nc2ccccc2c1N. The van der Waals surface area contributed by atoms with Gasteiger partial charge in [-0.3, -0.25) is 4.40 Å². The molecular formula is C41H28N6. The Morgan fingerprint density at radius 3 is 1.89 bits per heavy atom. The molecule has 0 unspecified atom stereocenters. The van der Waals surface area contributed by atoms with Crippen LogP contribution in [0.5, 0.6) is 0 Å². The number of aromatic nitrogens is 4. The van der Waals surface area contributed by atoms with Crippen LogP contribution in [-0.2, 0) is 0 Å². The lowest BCUT2D eigenvalue weighted by atomic mass is 9.98. The van der Waals surface area contributed by atoms with Crippen LogP contribution in [0.25, 0.3) is 72.1 Å². The molecule has 0 bridgehead atoms. The fraction of sp³-hybridized carbons (Fsp3) is 0.